The molecule has 0 bridgehead atoms. The third-order valence-corrected chi connectivity index (χ3v) is 5.14. The first kappa shape index (κ1) is 13.5. The second kappa shape index (κ2) is 4.00. The van der Waals surface area contributed by atoms with Gasteiger partial charge in [-0.15, -0.1) is 0 Å². The minimum absolute atomic E-state index is 0.0665. The van der Waals surface area contributed by atoms with Gasteiger partial charge in [-0.3, -0.25) is 0 Å². The number of carbonyl (C=O) groups is 1. The first-order valence-corrected chi connectivity index (χ1v) is 7.40. The molecule has 2 heterocycles. The molecule has 2 aliphatic rings. The number of aromatic carboxylic acids is 1. The number of carboxylic acids is 1. The van der Waals surface area contributed by atoms with Crippen LogP contribution in [-0.4, -0.2) is 24.2 Å². The summed E-state index contributed by atoms with van der Waals surface area (Å²) in [6, 6.07) is 3.85. The van der Waals surface area contributed by atoms with Crippen LogP contribution in [0.3, 0.4) is 0 Å². The van der Waals surface area contributed by atoms with Gasteiger partial charge in [0.1, 0.15) is 0 Å². The number of hydrogen-bond acceptors (Lipinski definition) is 2. The fourth-order valence-corrected chi connectivity index (χ4v) is 3.75. The van der Waals surface area contributed by atoms with E-state index in [1.54, 1.807) is 0 Å². The lowest BCUT2D eigenvalue weighted by molar-refractivity contribution is 0.0693. The van der Waals surface area contributed by atoms with Crippen molar-refractivity contribution in [1.82, 2.24) is 0 Å². The molecule has 0 fully saturated rings. The molecule has 1 aromatic carbocycles. The molecule has 1 N–H and O–H groups in total. The van der Waals surface area contributed by atoms with E-state index in [9.17, 15) is 9.90 Å². The average Bonchev–Trinajstić information content (AvgIpc) is 2.35. The molecule has 3 nitrogen and oxygen atoms in total. The molecule has 0 aromatic heterocycles. The van der Waals surface area contributed by atoms with Crippen LogP contribution >= 0.6 is 0 Å². The molecule has 0 spiro atoms. The van der Waals surface area contributed by atoms with Gasteiger partial charge < -0.3 is 10.0 Å². The standard InChI is InChI=1S/C17H23NO2/c1-16(2)7-9-18-10-8-17(3,4)13-11(15(19)20)5-6-12(16)14(13)18/h5-6H,7-10H2,1-4H3,(H,19,20). The second-order valence-corrected chi connectivity index (χ2v) is 7.44. The van der Waals surface area contributed by atoms with E-state index >= 15 is 0 Å². The summed E-state index contributed by atoms with van der Waals surface area (Å²) in [5.41, 5.74) is 4.11. The van der Waals surface area contributed by atoms with Gasteiger partial charge in [0.05, 0.1) is 5.56 Å². The summed E-state index contributed by atoms with van der Waals surface area (Å²) in [4.78, 5) is 14.0. The lowest BCUT2D eigenvalue weighted by Gasteiger charge is -2.48. The fraction of sp³-hybridized carbons (Fsp3) is 0.588. The Morgan fingerprint density at radius 3 is 2.30 bits per heavy atom. The third-order valence-electron chi connectivity index (χ3n) is 5.14. The van der Waals surface area contributed by atoms with E-state index in [2.05, 4.69) is 32.6 Å². The van der Waals surface area contributed by atoms with Crippen molar-refractivity contribution >= 4 is 11.7 Å². The van der Waals surface area contributed by atoms with Gasteiger partial charge >= 0.3 is 5.97 Å². The summed E-state index contributed by atoms with van der Waals surface area (Å²) >= 11 is 0. The van der Waals surface area contributed by atoms with Crippen molar-refractivity contribution in [3.05, 3.63) is 28.8 Å². The van der Waals surface area contributed by atoms with E-state index in [1.807, 2.05) is 12.1 Å². The highest BCUT2D eigenvalue weighted by atomic mass is 16.4. The number of nitrogens with zero attached hydrogens (tertiary/aromatic N) is 1. The number of hydrogen-bond donors (Lipinski definition) is 1. The molecule has 3 heteroatoms. The summed E-state index contributed by atoms with van der Waals surface area (Å²) in [6.45, 7) is 10.9. The van der Waals surface area contributed by atoms with Crippen molar-refractivity contribution in [3.8, 4) is 0 Å². The van der Waals surface area contributed by atoms with Crippen LogP contribution in [0.2, 0.25) is 0 Å². The minimum Gasteiger partial charge on any atom is -0.478 e. The van der Waals surface area contributed by atoms with E-state index in [-0.39, 0.29) is 10.8 Å². The van der Waals surface area contributed by atoms with E-state index in [0.717, 1.165) is 31.5 Å². The molecular formula is C17H23NO2. The first-order valence-electron chi connectivity index (χ1n) is 7.40. The molecule has 0 atom stereocenters. The van der Waals surface area contributed by atoms with E-state index in [0.29, 0.717) is 5.56 Å². The summed E-state index contributed by atoms with van der Waals surface area (Å²) in [5, 5.41) is 9.55. The summed E-state index contributed by atoms with van der Waals surface area (Å²) < 4.78 is 0. The van der Waals surface area contributed by atoms with E-state index in [4.69, 9.17) is 0 Å². The SMILES string of the molecule is CC1(C)CCN2CCC(C)(C)c3c(C(=O)O)ccc1c32. The molecule has 1 aromatic rings. The summed E-state index contributed by atoms with van der Waals surface area (Å²) in [6.07, 6.45) is 2.15. The van der Waals surface area contributed by atoms with Crippen molar-refractivity contribution in [2.45, 2.75) is 51.4 Å². The Kier molecular flexibility index (Phi) is 2.69. The number of rotatable bonds is 1. The van der Waals surface area contributed by atoms with Gasteiger partial charge in [0.2, 0.25) is 0 Å². The van der Waals surface area contributed by atoms with Crippen LogP contribution in [0.4, 0.5) is 5.69 Å². The Bertz CT molecular complexity index is 585. The lowest BCUT2D eigenvalue weighted by Crippen LogP contribution is -2.45. The molecule has 0 unspecified atom stereocenters. The predicted molar refractivity (Wildman–Crippen MR) is 80.9 cm³/mol. The zero-order chi connectivity index (χ0) is 14.7. The molecule has 2 aliphatic heterocycles. The molecular weight excluding hydrogens is 250 g/mol. The molecule has 0 radical (unpaired) electrons. The highest BCUT2D eigenvalue weighted by Crippen LogP contribution is 2.49. The van der Waals surface area contributed by atoms with Crippen LogP contribution in [-0.2, 0) is 10.8 Å². The number of anilines is 1. The van der Waals surface area contributed by atoms with Gasteiger partial charge in [0.15, 0.2) is 0 Å². The van der Waals surface area contributed by atoms with Crippen molar-refractivity contribution in [2.75, 3.05) is 18.0 Å². The summed E-state index contributed by atoms with van der Waals surface area (Å²) in [5.74, 6) is -0.805. The highest BCUT2D eigenvalue weighted by molar-refractivity contribution is 5.93. The first-order chi connectivity index (χ1) is 9.24. The predicted octanol–water partition coefficient (Wildman–Crippen LogP) is 3.55. The highest BCUT2D eigenvalue weighted by Gasteiger charge is 2.41. The van der Waals surface area contributed by atoms with Crippen LogP contribution in [0, 0.1) is 0 Å². The van der Waals surface area contributed by atoms with Crippen LogP contribution in [0.25, 0.3) is 0 Å². The van der Waals surface area contributed by atoms with Crippen LogP contribution in [0.1, 0.15) is 62.0 Å². The van der Waals surface area contributed by atoms with Crippen LogP contribution < -0.4 is 4.90 Å². The zero-order valence-corrected chi connectivity index (χ0v) is 12.8. The Balaban J connectivity index is 2.35. The van der Waals surface area contributed by atoms with Gasteiger partial charge in [0.25, 0.3) is 0 Å². The molecule has 108 valence electrons. The number of carboxylic acid groups (broad SMARTS) is 1. The molecule has 0 saturated heterocycles. The third kappa shape index (κ3) is 1.75. The van der Waals surface area contributed by atoms with Gasteiger partial charge in [0, 0.05) is 18.8 Å². The Hall–Kier alpha value is -1.51. The maximum Gasteiger partial charge on any atom is 0.336 e. The van der Waals surface area contributed by atoms with Crippen LogP contribution in [0.5, 0.6) is 0 Å². The van der Waals surface area contributed by atoms with Crippen molar-refractivity contribution in [1.29, 1.82) is 0 Å². The van der Waals surface area contributed by atoms with Crippen molar-refractivity contribution in [3.63, 3.8) is 0 Å². The molecule has 0 amide bonds. The Labute approximate surface area is 120 Å². The molecule has 0 aliphatic carbocycles. The van der Waals surface area contributed by atoms with Gasteiger partial charge in [-0.25, -0.2) is 4.79 Å². The fourth-order valence-electron chi connectivity index (χ4n) is 3.75. The van der Waals surface area contributed by atoms with E-state index < -0.39 is 5.97 Å². The van der Waals surface area contributed by atoms with Crippen molar-refractivity contribution in [2.24, 2.45) is 0 Å². The Morgan fingerprint density at radius 2 is 1.70 bits per heavy atom. The maximum absolute atomic E-state index is 11.6. The Morgan fingerprint density at radius 1 is 1.10 bits per heavy atom. The topological polar surface area (TPSA) is 40.5 Å². The average molecular weight is 273 g/mol. The van der Waals surface area contributed by atoms with Gasteiger partial charge in [-0.2, -0.15) is 0 Å². The largest absolute Gasteiger partial charge is 0.478 e. The monoisotopic (exact) mass is 273 g/mol. The maximum atomic E-state index is 11.6. The molecule has 0 saturated carbocycles. The molecule has 3 rings (SSSR count). The smallest absolute Gasteiger partial charge is 0.336 e. The van der Waals surface area contributed by atoms with Crippen molar-refractivity contribution < 1.29 is 9.90 Å². The second-order valence-electron chi connectivity index (χ2n) is 7.44. The zero-order valence-electron chi connectivity index (χ0n) is 12.8. The number of benzene rings is 1. The van der Waals surface area contributed by atoms with Crippen LogP contribution in [0.15, 0.2) is 12.1 Å². The van der Waals surface area contributed by atoms with Gasteiger partial charge in [-0.05, 0) is 40.9 Å². The van der Waals surface area contributed by atoms with Gasteiger partial charge in [-0.1, -0.05) is 33.8 Å². The van der Waals surface area contributed by atoms with E-state index in [1.165, 1.54) is 11.3 Å². The normalized spacial score (nSPS) is 22.3. The molecule has 20 heavy (non-hydrogen) atoms. The summed E-state index contributed by atoms with van der Waals surface area (Å²) in [7, 11) is 0. The lowest BCUT2D eigenvalue weighted by atomic mass is 9.68. The quantitative estimate of drug-likeness (QED) is 0.850. The minimum atomic E-state index is -0.805.